The first-order valence-electron chi connectivity index (χ1n) is 9.20. The number of anilines is 1. The molecular formula is C20H23F3N4O3. The molecule has 162 valence electrons. The SMILES string of the molecule is Cc1cc(C(C)NC(=O)c2ccc(OCC(F)(F)F)cn2)cc(NC(=O)C(C)C)n1. The first-order valence-corrected chi connectivity index (χ1v) is 9.20. The number of amides is 2. The summed E-state index contributed by atoms with van der Waals surface area (Å²) < 4.78 is 41.1. The molecule has 2 rings (SSSR count). The molecular weight excluding hydrogens is 401 g/mol. The van der Waals surface area contributed by atoms with E-state index < -0.39 is 24.7 Å². The Balaban J connectivity index is 2.04. The van der Waals surface area contributed by atoms with Crippen LogP contribution in [0.3, 0.4) is 0 Å². The zero-order valence-corrected chi connectivity index (χ0v) is 17.0. The summed E-state index contributed by atoms with van der Waals surface area (Å²) in [6.07, 6.45) is -3.40. The normalized spacial score (nSPS) is 12.4. The molecule has 10 heteroatoms. The van der Waals surface area contributed by atoms with Gasteiger partial charge < -0.3 is 15.4 Å². The van der Waals surface area contributed by atoms with Crippen molar-refractivity contribution in [3.05, 3.63) is 47.4 Å². The fraction of sp³-hybridized carbons (Fsp3) is 0.400. The molecule has 0 aliphatic rings. The zero-order valence-electron chi connectivity index (χ0n) is 17.0. The van der Waals surface area contributed by atoms with Crippen molar-refractivity contribution in [2.45, 2.75) is 39.9 Å². The van der Waals surface area contributed by atoms with Gasteiger partial charge in [0, 0.05) is 11.6 Å². The average molecular weight is 424 g/mol. The van der Waals surface area contributed by atoms with Crippen LogP contribution in [0.2, 0.25) is 0 Å². The molecule has 0 saturated heterocycles. The number of hydrogen-bond donors (Lipinski definition) is 2. The van der Waals surface area contributed by atoms with E-state index in [1.807, 2.05) is 0 Å². The van der Waals surface area contributed by atoms with Gasteiger partial charge in [-0.15, -0.1) is 0 Å². The Hall–Kier alpha value is -3.17. The number of carbonyl (C=O) groups excluding carboxylic acids is 2. The molecule has 0 aliphatic carbocycles. The Morgan fingerprint density at radius 3 is 2.43 bits per heavy atom. The third kappa shape index (κ3) is 7.02. The van der Waals surface area contributed by atoms with Crippen molar-refractivity contribution in [2.75, 3.05) is 11.9 Å². The van der Waals surface area contributed by atoms with Crippen LogP contribution in [-0.2, 0) is 4.79 Å². The van der Waals surface area contributed by atoms with E-state index in [0.29, 0.717) is 11.5 Å². The van der Waals surface area contributed by atoms with Gasteiger partial charge in [0.1, 0.15) is 17.3 Å². The molecule has 2 heterocycles. The molecule has 7 nitrogen and oxygen atoms in total. The summed E-state index contributed by atoms with van der Waals surface area (Å²) in [5, 5.41) is 5.48. The Kier molecular flexibility index (Phi) is 7.36. The van der Waals surface area contributed by atoms with E-state index in [2.05, 4.69) is 25.3 Å². The maximum absolute atomic E-state index is 12.4. The molecule has 0 bridgehead atoms. The summed E-state index contributed by atoms with van der Waals surface area (Å²) in [7, 11) is 0. The van der Waals surface area contributed by atoms with Crippen molar-refractivity contribution in [3.63, 3.8) is 0 Å². The first kappa shape index (κ1) is 23.1. The molecule has 1 atom stereocenters. The van der Waals surface area contributed by atoms with Gasteiger partial charge in [-0.1, -0.05) is 13.8 Å². The summed E-state index contributed by atoms with van der Waals surface area (Å²) in [5.74, 6) is -0.594. The first-order chi connectivity index (χ1) is 13.9. The van der Waals surface area contributed by atoms with Crippen molar-refractivity contribution < 1.29 is 27.5 Å². The van der Waals surface area contributed by atoms with Crippen LogP contribution in [0.25, 0.3) is 0 Å². The lowest BCUT2D eigenvalue weighted by Crippen LogP contribution is -2.28. The smallest absolute Gasteiger partial charge is 0.422 e. The second-order valence-electron chi connectivity index (χ2n) is 7.05. The molecule has 0 radical (unpaired) electrons. The fourth-order valence-electron chi connectivity index (χ4n) is 2.40. The molecule has 0 fully saturated rings. The van der Waals surface area contributed by atoms with Crippen LogP contribution >= 0.6 is 0 Å². The number of aromatic nitrogens is 2. The van der Waals surface area contributed by atoms with Gasteiger partial charge >= 0.3 is 6.18 Å². The zero-order chi connectivity index (χ0) is 22.5. The van der Waals surface area contributed by atoms with Crippen LogP contribution in [0.4, 0.5) is 19.0 Å². The van der Waals surface area contributed by atoms with Crippen molar-refractivity contribution in [2.24, 2.45) is 5.92 Å². The number of halogens is 3. The maximum Gasteiger partial charge on any atom is 0.422 e. The highest BCUT2D eigenvalue weighted by Gasteiger charge is 2.28. The number of carbonyl (C=O) groups is 2. The molecule has 0 spiro atoms. The minimum absolute atomic E-state index is 0.0281. The van der Waals surface area contributed by atoms with E-state index >= 15 is 0 Å². The summed E-state index contributed by atoms with van der Waals surface area (Å²) in [4.78, 5) is 32.4. The molecule has 0 saturated carbocycles. The van der Waals surface area contributed by atoms with Gasteiger partial charge in [-0.05, 0) is 43.7 Å². The summed E-state index contributed by atoms with van der Waals surface area (Å²) >= 11 is 0. The van der Waals surface area contributed by atoms with E-state index in [1.54, 1.807) is 39.8 Å². The number of aryl methyl sites for hydroxylation is 1. The molecule has 0 aliphatic heterocycles. The van der Waals surface area contributed by atoms with Gasteiger partial charge in [0.15, 0.2) is 6.61 Å². The van der Waals surface area contributed by atoms with Crippen molar-refractivity contribution in [1.29, 1.82) is 0 Å². The van der Waals surface area contributed by atoms with E-state index in [1.165, 1.54) is 12.1 Å². The second-order valence-corrected chi connectivity index (χ2v) is 7.05. The Labute approximate surface area is 172 Å². The third-order valence-corrected chi connectivity index (χ3v) is 3.97. The predicted molar refractivity (Wildman–Crippen MR) is 104 cm³/mol. The topological polar surface area (TPSA) is 93.2 Å². The minimum Gasteiger partial charge on any atom is -0.483 e. The second kappa shape index (κ2) is 9.55. The maximum atomic E-state index is 12.4. The highest BCUT2D eigenvalue weighted by molar-refractivity contribution is 5.93. The predicted octanol–water partition coefficient (Wildman–Crippen LogP) is 3.81. The lowest BCUT2D eigenvalue weighted by atomic mass is 10.1. The largest absolute Gasteiger partial charge is 0.483 e. The van der Waals surface area contributed by atoms with Gasteiger partial charge in [-0.2, -0.15) is 13.2 Å². The number of pyridine rings is 2. The Morgan fingerprint density at radius 1 is 1.17 bits per heavy atom. The Morgan fingerprint density at radius 2 is 1.87 bits per heavy atom. The standard InChI is InChI=1S/C20H23F3N4O3/c1-11(2)18(28)27-17-8-14(7-12(3)25-17)13(4)26-19(29)16-6-5-15(9-24-16)30-10-20(21,22)23/h5-9,11,13H,10H2,1-4H3,(H,26,29)(H,25,27,28). The van der Waals surface area contributed by atoms with Crippen LogP contribution in [0.15, 0.2) is 30.5 Å². The highest BCUT2D eigenvalue weighted by atomic mass is 19.4. The number of rotatable bonds is 7. The van der Waals surface area contributed by atoms with Gasteiger partial charge in [0.2, 0.25) is 5.91 Å². The third-order valence-electron chi connectivity index (χ3n) is 3.97. The van der Waals surface area contributed by atoms with Gasteiger partial charge in [0.25, 0.3) is 5.91 Å². The van der Waals surface area contributed by atoms with Crippen molar-refractivity contribution >= 4 is 17.6 Å². The lowest BCUT2D eigenvalue weighted by Gasteiger charge is -2.16. The lowest BCUT2D eigenvalue weighted by molar-refractivity contribution is -0.153. The number of ether oxygens (including phenoxy) is 1. The van der Waals surface area contributed by atoms with Crippen molar-refractivity contribution in [3.8, 4) is 5.75 Å². The molecule has 2 aromatic heterocycles. The molecule has 1 unspecified atom stereocenters. The molecule has 0 aromatic carbocycles. The monoisotopic (exact) mass is 424 g/mol. The fourth-order valence-corrected chi connectivity index (χ4v) is 2.40. The summed E-state index contributed by atoms with van der Waals surface area (Å²) in [6.45, 7) is 5.61. The number of hydrogen-bond acceptors (Lipinski definition) is 5. The van der Waals surface area contributed by atoms with Gasteiger partial charge in [-0.3, -0.25) is 9.59 Å². The van der Waals surface area contributed by atoms with Crippen LogP contribution in [0, 0.1) is 12.8 Å². The van der Waals surface area contributed by atoms with E-state index in [4.69, 9.17) is 0 Å². The quantitative estimate of drug-likeness (QED) is 0.705. The van der Waals surface area contributed by atoms with E-state index in [9.17, 15) is 22.8 Å². The highest BCUT2D eigenvalue weighted by Crippen LogP contribution is 2.20. The summed E-state index contributed by atoms with van der Waals surface area (Å²) in [6, 6.07) is 5.53. The van der Waals surface area contributed by atoms with Crippen LogP contribution in [0.1, 0.15) is 48.6 Å². The van der Waals surface area contributed by atoms with Crippen molar-refractivity contribution in [1.82, 2.24) is 15.3 Å². The van der Waals surface area contributed by atoms with Crippen LogP contribution in [0.5, 0.6) is 5.75 Å². The Bertz CT molecular complexity index is 899. The van der Waals surface area contributed by atoms with Crippen LogP contribution in [-0.4, -0.2) is 34.6 Å². The minimum atomic E-state index is -4.46. The average Bonchev–Trinajstić information content (AvgIpc) is 2.65. The molecule has 2 aromatic rings. The molecule has 30 heavy (non-hydrogen) atoms. The van der Waals surface area contributed by atoms with E-state index in [-0.39, 0.29) is 23.3 Å². The van der Waals surface area contributed by atoms with Gasteiger partial charge in [-0.25, -0.2) is 9.97 Å². The number of nitrogens with one attached hydrogen (secondary N) is 2. The molecule has 2 N–H and O–H groups in total. The molecule has 2 amide bonds. The number of nitrogens with zero attached hydrogens (tertiary/aromatic N) is 2. The summed E-state index contributed by atoms with van der Waals surface area (Å²) in [5.41, 5.74) is 1.41. The van der Waals surface area contributed by atoms with Crippen LogP contribution < -0.4 is 15.4 Å². The van der Waals surface area contributed by atoms with Gasteiger partial charge in [0.05, 0.1) is 12.2 Å². The number of alkyl halides is 3. The van der Waals surface area contributed by atoms with E-state index in [0.717, 1.165) is 11.8 Å².